The van der Waals surface area contributed by atoms with Gasteiger partial charge in [-0.2, -0.15) is 0 Å². The minimum atomic E-state index is -0.691. The van der Waals surface area contributed by atoms with Gasteiger partial charge in [-0.05, 0) is 41.6 Å². The molecule has 0 saturated carbocycles. The van der Waals surface area contributed by atoms with E-state index in [9.17, 15) is 14.7 Å². The smallest absolute Gasteiger partial charge is 0.261 e. The van der Waals surface area contributed by atoms with Crippen LogP contribution in [0.2, 0.25) is 0 Å². The van der Waals surface area contributed by atoms with Gasteiger partial charge in [-0.1, -0.05) is 36.4 Å². The SMILES string of the molecule is COc1ccccc1CC(=O)C(Cc1ccc(O)cc1)NC(=O)c1cccs1. The van der Waals surface area contributed by atoms with Crippen LogP contribution in [0.15, 0.2) is 66.0 Å². The molecule has 5 nitrogen and oxygen atoms in total. The third kappa shape index (κ3) is 4.98. The lowest BCUT2D eigenvalue weighted by Crippen LogP contribution is -2.43. The average molecular weight is 395 g/mol. The summed E-state index contributed by atoms with van der Waals surface area (Å²) in [6, 6.07) is 16.8. The van der Waals surface area contributed by atoms with Gasteiger partial charge in [-0.15, -0.1) is 11.3 Å². The molecule has 0 saturated heterocycles. The van der Waals surface area contributed by atoms with Crippen LogP contribution < -0.4 is 10.1 Å². The first-order valence-corrected chi connectivity index (χ1v) is 9.71. The number of hydrogen-bond donors (Lipinski definition) is 2. The van der Waals surface area contributed by atoms with Gasteiger partial charge in [-0.3, -0.25) is 9.59 Å². The number of phenolic OH excluding ortho intramolecular Hbond substituents is 1. The number of ketones is 1. The molecule has 2 aromatic carbocycles. The van der Waals surface area contributed by atoms with Crippen LogP contribution in [-0.4, -0.2) is 29.9 Å². The minimum absolute atomic E-state index is 0.109. The lowest BCUT2D eigenvalue weighted by atomic mass is 9.97. The quantitative estimate of drug-likeness (QED) is 0.611. The molecule has 0 fully saturated rings. The fourth-order valence-corrected chi connectivity index (χ4v) is 3.54. The zero-order valence-corrected chi connectivity index (χ0v) is 16.2. The monoisotopic (exact) mass is 395 g/mol. The molecule has 0 spiro atoms. The van der Waals surface area contributed by atoms with Gasteiger partial charge in [-0.25, -0.2) is 0 Å². The summed E-state index contributed by atoms with van der Waals surface area (Å²) in [7, 11) is 1.57. The van der Waals surface area contributed by atoms with Crippen LogP contribution in [0.25, 0.3) is 0 Å². The highest BCUT2D eigenvalue weighted by atomic mass is 32.1. The third-order valence-corrected chi connectivity index (χ3v) is 5.24. The number of rotatable bonds is 8. The molecule has 28 heavy (non-hydrogen) atoms. The van der Waals surface area contributed by atoms with Crippen LogP contribution in [0.5, 0.6) is 11.5 Å². The molecular weight excluding hydrogens is 374 g/mol. The first-order valence-electron chi connectivity index (χ1n) is 8.83. The standard InChI is InChI=1S/C22H21NO4S/c1-27-20-6-3-2-5-16(20)14-19(25)18(13-15-8-10-17(24)11-9-15)23-22(26)21-7-4-12-28-21/h2-12,18,24H,13-14H2,1H3,(H,23,26). The number of amides is 1. The van der Waals surface area contributed by atoms with E-state index >= 15 is 0 Å². The largest absolute Gasteiger partial charge is 0.508 e. The number of hydrogen-bond acceptors (Lipinski definition) is 5. The predicted molar refractivity (Wildman–Crippen MR) is 109 cm³/mol. The van der Waals surface area contributed by atoms with Crippen molar-refractivity contribution in [1.29, 1.82) is 0 Å². The van der Waals surface area contributed by atoms with Crippen molar-refractivity contribution in [3.8, 4) is 11.5 Å². The molecule has 3 rings (SSSR count). The van der Waals surface area contributed by atoms with E-state index in [0.717, 1.165) is 11.1 Å². The molecule has 3 aromatic rings. The van der Waals surface area contributed by atoms with Gasteiger partial charge in [0.05, 0.1) is 18.0 Å². The topological polar surface area (TPSA) is 75.6 Å². The number of benzene rings is 2. The van der Waals surface area contributed by atoms with Crippen molar-refractivity contribution in [3.63, 3.8) is 0 Å². The summed E-state index contributed by atoms with van der Waals surface area (Å²) >= 11 is 1.33. The summed E-state index contributed by atoms with van der Waals surface area (Å²) in [5.41, 5.74) is 1.62. The summed E-state index contributed by atoms with van der Waals surface area (Å²) in [5.74, 6) is 0.418. The number of para-hydroxylation sites is 1. The molecule has 1 aromatic heterocycles. The molecule has 1 heterocycles. The molecule has 144 valence electrons. The Balaban J connectivity index is 1.80. The normalized spacial score (nSPS) is 11.6. The average Bonchev–Trinajstić information content (AvgIpc) is 3.24. The molecular formula is C22H21NO4S. The van der Waals surface area contributed by atoms with Gasteiger partial charge < -0.3 is 15.2 Å². The van der Waals surface area contributed by atoms with Crippen LogP contribution in [0, 0.1) is 0 Å². The maximum Gasteiger partial charge on any atom is 0.261 e. The Morgan fingerprint density at radius 1 is 1.07 bits per heavy atom. The lowest BCUT2D eigenvalue weighted by molar-refractivity contribution is -0.120. The third-order valence-electron chi connectivity index (χ3n) is 4.37. The zero-order valence-electron chi connectivity index (χ0n) is 15.4. The number of Topliss-reactive ketones (excluding diaryl/α,β-unsaturated/α-hetero) is 1. The van der Waals surface area contributed by atoms with E-state index in [2.05, 4.69) is 5.32 Å². The van der Waals surface area contributed by atoms with E-state index in [1.165, 1.54) is 11.3 Å². The van der Waals surface area contributed by atoms with Crippen LogP contribution in [0.4, 0.5) is 0 Å². The molecule has 0 aliphatic heterocycles. The summed E-state index contributed by atoms with van der Waals surface area (Å²) in [6.07, 6.45) is 0.489. The highest BCUT2D eigenvalue weighted by molar-refractivity contribution is 7.12. The van der Waals surface area contributed by atoms with Crippen LogP contribution in [-0.2, 0) is 17.6 Å². The molecule has 1 atom stereocenters. The fourth-order valence-electron chi connectivity index (χ4n) is 2.91. The Labute approximate surface area is 167 Å². The summed E-state index contributed by atoms with van der Waals surface area (Å²) in [5, 5.41) is 14.2. The first kappa shape index (κ1) is 19.6. The molecule has 0 radical (unpaired) electrons. The molecule has 2 N–H and O–H groups in total. The van der Waals surface area contributed by atoms with Gasteiger partial charge in [0.1, 0.15) is 11.5 Å². The molecule has 0 bridgehead atoms. The molecule has 6 heteroatoms. The van der Waals surface area contributed by atoms with E-state index < -0.39 is 6.04 Å². The zero-order chi connectivity index (χ0) is 19.9. The van der Waals surface area contributed by atoms with E-state index in [1.54, 1.807) is 43.5 Å². The van der Waals surface area contributed by atoms with Gasteiger partial charge in [0.2, 0.25) is 0 Å². The maximum absolute atomic E-state index is 13.0. The Morgan fingerprint density at radius 2 is 1.82 bits per heavy atom. The minimum Gasteiger partial charge on any atom is -0.508 e. The second kappa shape index (κ2) is 9.19. The van der Waals surface area contributed by atoms with E-state index in [-0.39, 0.29) is 23.9 Å². The van der Waals surface area contributed by atoms with E-state index in [4.69, 9.17) is 4.74 Å². The van der Waals surface area contributed by atoms with Crippen LogP contribution in [0.3, 0.4) is 0 Å². The summed E-state index contributed by atoms with van der Waals surface area (Å²) in [4.78, 5) is 26.1. The van der Waals surface area contributed by atoms with Gasteiger partial charge >= 0.3 is 0 Å². The number of methoxy groups -OCH3 is 1. The number of phenols is 1. The van der Waals surface area contributed by atoms with Crippen LogP contribution >= 0.6 is 11.3 Å². The Bertz CT molecular complexity index is 935. The summed E-state index contributed by atoms with van der Waals surface area (Å²) in [6.45, 7) is 0. The van der Waals surface area contributed by atoms with E-state index in [0.29, 0.717) is 17.0 Å². The maximum atomic E-state index is 13.0. The second-order valence-corrected chi connectivity index (χ2v) is 7.28. The number of thiophene rings is 1. The van der Waals surface area contributed by atoms with Crippen molar-refractivity contribution in [1.82, 2.24) is 5.32 Å². The Morgan fingerprint density at radius 3 is 2.50 bits per heavy atom. The molecule has 0 aliphatic carbocycles. The predicted octanol–water partition coefficient (Wildman–Crippen LogP) is 3.62. The Hall–Kier alpha value is -3.12. The first-order chi connectivity index (χ1) is 13.6. The van der Waals surface area contributed by atoms with Crippen molar-refractivity contribution in [3.05, 3.63) is 82.0 Å². The van der Waals surface area contributed by atoms with Crippen molar-refractivity contribution in [2.24, 2.45) is 0 Å². The number of carbonyl (C=O) groups is 2. The number of carbonyl (C=O) groups excluding carboxylic acids is 2. The molecule has 1 unspecified atom stereocenters. The summed E-state index contributed by atoms with van der Waals surface area (Å²) < 4.78 is 5.33. The number of nitrogens with one attached hydrogen (secondary N) is 1. The molecule has 1 amide bonds. The number of ether oxygens (including phenoxy) is 1. The van der Waals surface area contributed by atoms with Crippen molar-refractivity contribution in [2.45, 2.75) is 18.9 Å². The van der Waals surface area contributed by atoms with Crippen molar-refractivity contribution >= 4 is 23.0 Å². The molecule has 0 aliphatic rings. The number of aromatic hydroxyl groups is 1. The Kier molecular flexibility index (Phi) is 6.45. The van der Waals surface area contributed by atoms with Gasteiger partial charge in [0.25, 0.3) is 5.91 Å². The van der Waals surface area contributed by atoms with Gasteiger partial charge in [0, 0.05) is 12.0 Å². The van der Waals surface area contributed by atoms with Gasteiger partial charge in [0.15, 0.2) is 5.78 Å². The van der Waals surface area contributed by atoms with Crippen LogP contribution in [0.1, 0.15) is 20.8 Å². The van der Waals surface area contributed by atoms with Crippen molar-refractivity contribution < 1.29 is 19.4 Å². The highest BCUT2D eigenvalue weighted by Crippen LogP contribution is 2.20. The fraction of sp³-hybridized carbons (Fsp3) is 0.182. The second-order valence-electron chi connectivity index (χ2n) is 6.33. The van der Waals surface area contributed by atoms with Crippen molar-refractivity contribution in [2.75, 3.05) is 7.11 Å². The van der Waals surface area contributed by atoms with E-state index in [1.807, 2.05) is 29.6 Å². The lowest BCUT2D eigenvalue weighted by Gasteiger charge is -2.18. The highest BCUT2D eigenvalue weighted by Gasteiger charge is 2.23.